The highest BCUT2D eigenvalue weighted by atomic mass is 32.2. The first-order valence-corrected chi connectivity index (χ1v) is 15.1. The third kappa shape index (κ3) is 5.31. The number of hydrogen-bond donors (Lipinski definition) is 2. The molecule has 2 N–H and O–H groups in total. The Balaban J connectivity index is 1.20. The number of benzene rings is 2. The Kier molecular flexibility index (Phi) is 7.01. The summed E-state index contributed by atoms with van der Waals surface area (Å²) in [6, 6.07) is 13.2. The number of aromatic nitrogens is 4. The molecular formula is C28H25FN6O4S2. The number of anilines is 1. The number of sulfonamides is 1. The van der Waals surface area contributed by atoms with Gasteiger partial charge in [-0.1, -0.05) is 0 Å². The smallest absolute Gasteiger partial charge is 0.335 e. The highest BCUT2D eigenvalue weighted by molar-refractivity contribution is 7.89. The van der Waals surface area contributed by atoms with E-state index < -0.39 is 16.0 Å². The van der Waals surface area contributed by atoms with Gasteiger partial charge in [-0.25, -0.2) is 32.6 Å². The third-order valence-electron chi connectivity index (χ3n) is 6.98. The number of piperidine rings is 1. The minimum atomic E-state index is -3.74. The van der Waals surface area contributed by atoms with Crippen LogP contribution in [0.15, 0.2) is 71.9 Å². The Labute approximate surface area is 239 Å². The minimum absolute atomic E-state index is 0.0321. The van der Waals surface area contributed by atoms with E-state index in [0.29, 0.717) is 43.3 Å². The Bertz CT molecular complexity index is 1850. The van der Waals surface area contributed by atoms with Gasteiger partial charge in [0, 0.05) is 42.0 Å². The molecule has 1 fully saturated rings. The molecule has 0 spiro atoms. The van der Waals surface area contributed by atoms with Crippen LogP contribution in [0.5, 0.6) is 0 Å². The summed E-state index contributed by atoms with van der Waals surface area (Å²) in [5.74, 6) is -1.02. The molecule has 0 saturated carbocycles. The Morgan fingerprint density at radius 1 is 1.05 bits per heavy atom. The molecule has 0 atom stereocenters. The first kappa shape index (κ1) is 27.0. The lowest BCUT2D eigenvalue weighted by Crippen LogP contribution is -2.42. The number of thiazole rings is 1. The van der Waals surface area contributed by atoms with Crippen LogP contribution in [-0.4, -0.2) is 62.3 Å². The van der Waals surface area contributed by atoms with Crippen molar-refractivity contribution >= 4 is 38.2 Å². The summed E-state index contributed by atoms with van der Waals surface area (Å²) < 4.78 is 43.2. The van der Waals surface area contributed by atoms with Gasteiger partial charge in [0.1, 0.15) is 11.5 Å². The average Bonchev–Trinajstić information content (AvgIpc) is 3.50. The summed E-state index contributed by atoms with van der Waals surface area (Å²) in [7, 11) is -3.74. The highest BCUT2D eigenvalue weighted by Crippen LogP contribution is 2.35. The maximum atomic E-state index is 13.6. The molecule has 1 aliphatic rings. The van der Waals surface area contributed by atoms with Crippen LogP contribution < -0.4 is 5.32 Å². The SMILES string of the molecule is Cc1cn2c(-c3ccnc(NC4CCN(S(=O)(=O)c5ccc(C(=O)O)cc5)CC4)n3)c(-c3ccc(F)cc3)nc2s1. The normalized spacial score (nSPS) is 14.9. The van der Waals surface area contributed by atoms with Gasteiger partial charge < -0.3 is 10.4 Å². The van der Waals surface area contributed by atoms with E-state index in [1.807, 2.05) is 17.5 Å². The third-order valence-corrected chi connectivity index (χ3v) is 9.79. The molecule has 0 bridgehead atoms. The van der Waals surface area contributed by atoms with Crippen molar-refractivity contribution in [2.45, 2.75) is 30.7 Å². The van der Waals surface area contributed by atoms with Crippen LogP contribution in [0.3, 0.4) is 0 Å². The number of nitrogens with zero attached hydrogens (tertiary/aromatic N) is 5. The fraction of sp³-hybridized carbons (Fsp3) is 0.214. The van der Waals surface area contributed by atoms with Gasteiger partial charge in [-0.15, -0.1) is 11.3 Å². The van der Waals surface area contributed by atoms with E-state index in [4.69, 9.17) is 15.1 Å². The zero-order valence-electron chi connectivity index (χ0n) is 21.9. The number of hydrogen-bond acceptors (Lipinski definition) is 8. The Morgan fingerprint density at radius 3 is 2.44 bits per heavy atom. The first-order chi connectivity index (χ1) is 19.7. The van der Waals surface area contributed by atoms with Crippen molar-refractivity contribution in [2.24, 2.45) is 0 Å². The maximum Gasteiger partial charge on any atom is 0.335 e. The molecule has 0 amide bonds. The van der Waals surface area contributed by atoms with Gasteiger partial charge in [0.15, 0.2) is 4.96 Å². The van der Waals surface area contributed by atoms with Crippen molar-refractivity contribution in [1.82, 2.24) is 23.7 Å². The molecular weight excluding hydrogens is 567 g/mol. The minimum Gasteiger partial charge on any atom is -0.478 e. The van der Waals surface area contributed by atoms with Crippen LogP contribution in [0.4, 0.5) is 10.3 Å². The van der Waals surface area contributed by atoms with Gasteiger partial charge in [-0.3, -0.25) is 4.40 Å². The molecule has 1 saturated heterocycles. The van der Waals surface area contributed by atoms with E-state index in [1.165, 1.54) is 40.7 Å². The number of aryl methyl sites for hydroxylation is 1. The zero-order chi connectivity index (χ0) is 28.7. The van der Waals surface area contributed by atoms with Crippen LogP contribution in [0.25, 0.3) is 27.6 Å². The molecule has 6 rings (SSSR count). The van der Waals surface area contributed by atoms with Gasteiger partial charge in [0.05, 0.1) is 21.8 Å². The van der Waals surface area contributed by atoms with Gasteiger partial charge in [-0.2, -0.15) is 4.31 Å². The van der Waals surface area contributed by atoms with Crippen molar-refractivity contribution in [3.63, 3.8) is 0 Å². The average molecular weight is 593 g/mol. The largest absolute Gasteiger partial charge is 0.478 e. The predicted octanol–water partition coefficient (Wildman–Crippen LogP) is 4.93. The molecule has 4 heterocycles. The lowest BCUT2D eigenvalue weighted by molar-refractivity contribution is 0.0696. The molecule has 13 heteroatoms. The van der Waals surface area contributed by atoms with Gasteiger partial charge >= 0.3 is 5.97 Å². The number of carboxylic acid groups (broad SMARTS) is 1. The van der Waals surface area contributed by atoms with E-state index in [2.05, 4.69) is 10.3 Å². The number of nitrogens with one attached hydrogen (secondary N) is 1. The lowest BCUT2D eigenvalue weighted by Gasteiger charge is -2.31. The number of carbonyl (C=O) groups is 1. The van der Waals surface area contributed by atoms with E-state index >= 15 is 0 Å². The van der Waals surface area contributed by atoms with Gasteiger partial charge in [0.25, 0.3) is 0 Å². The summed E-state index contributed by atoms with van der Waals surface area (Å²) in [6.07, 6.45) is 4.75. The molecule has 3 aromatic heterocycles. The first-order valence-electron chi connectivity index (χ1n) is 12.9. The number of aromatic carboxylic acids is 1. The molecule has 0 aliphatic carbocycles. The van der Waals surface area contributed by atoms with Gasteiger partial charge in [0.2, 0.25) is 16.0 Å². The van der Waals surface area contributed by atoms with Crippen molar-refractivity contribution in [3.8, 4) is 22.6 Å². The van der Waals surface area contributed by atoms with Crippen LogP contribution in [0.1, 0.15) is 28.1 Å². The Hall–Kier alpha value is -4.20. The summed E-state index contributed by atoms with van der Waals surface area (Å²) in [6.45, 7) is 2.60. The fourth-order valence-corrected chi connectivity index (χ4v) is 7.21. The van der Waals surface area contributed by atoms with E-state index in [9.17, 15) is 17.6 Å². The second-order valence-electron chi connectivity index (χ2n) is 9.73. The topological polar surface area (TPSA) is 130 Å². The quantitative estimate of drug-likeness (QED) is 0.272. The van der Waals surface area contributed by atoms with Gasteiger partial charge in [-0.05, 0) is 74.4 Å². The molecule has 1 aliphatic heterocycles. The van der Waals surface area contributed by atoms with Crippen LogP contribution >= 0.6 is 11.3 Å². The fourth-order valence-electron chi connectivity index (χ4n) is 4.91. The van der Waals surface area contributed by atoms with Crippen LogP contribution in [0.2, 0.25) is 0 Å². The lowest BCUT2D eigenvalue weighted by atomic mass is 10.1. The number of fused-ring (bicyclic) bond motifs is 1. The number of halogens is 1. The van der Waals surface area contributed by atoms with Crippen molar-refractivity contribution in [3.05, 3.63) is 83.2 Å². The number of carboxylic acids is 1. The maximum absolute atomic E-state index is 13.6. The molecule has 2 aromatic carbocycles. The molecule has 5 aromatic rings. The van der Waals surface area contributed by atoms with Crippen molar-refractivity contribution < 1.29 is 22.7 Å². The summed E-state index contributed by atoms with van der Waals surface area (Å²) in [5.41, 5.74) is 2.92. The molecule has 0 unspecified atom stereocenters. The second kappa shape index (κ2) is 10.7. The molecule has 10 nitrogen and oxygen atoms in total. The summed E-state index contributed by atoms with van der Waals surface area (Å²) >= 11 is 1.55. The zero-order valence-corrected chi connectivity index (χ0v) is 23.5. The van der Waals surface area contributed by atoms with Crippen LogP contribution in [0, 0.1) is 12.7 Å². The number of imidazole rings is 1. The molecule has 0 radical (unpaired) electrons. The van der Waals surface area contributed by atoms with Crippen molar-refractivity contribution in [2.75, 3.05) is 18.4 Å². The van der Waals surface area contributed by atoms with Crippen LogP contribution in [-0.2, 0) is 10.0 Å². The van der Waals surface area contributed by atoms with E-state index in [0.717, 1.165) is 21.1 Å². The van der Waals surface area contributed by atoms with Crippen molar-refractivity contribution in [1.29, 1.82) is 0 Å². The number of rotatable bonds is 7. The standard InChI is InChI=1S/C28H25FN6O4S2/c1-17-16-35-25(24(33-28(35)40-17)18-2-6-20(29)7-3-18)23-10-13-30-27(32-23)31-21-11-14-34(15-12-21)41(38,39)22-8-4-19(5-9-22)26(36)37/h2-10,13,16,21H,11-12,14-15H2,1H3,(H,36,37)(H,30,31,32). The highest BCUT2D eigenvalue weighted by Gasteiger charge is 2.30. The van der Waals surface area contributed by atoms with E-state index in [1.54, 1.807) is 35.7 Å². The Morgan fingerprint density at radius 2 is 1.76 bits per heavy atom. The summed E-state index contributed by atoms with van der Waals surface area (Å²) in [4.78, 5) is 27.0. The summed E-state index contributed by atoms with van der Waals surface area (Å²) in [5, 5.41) is 12.4. The monoisotopic (exact) mass is 592 g/mol. The predicted molar refractivity (Wildman–Crippen MR) is 153 cm³/mol. The molecule has 41 heavy (non-hydrogen) atoms. The van der Waals surface area contributed by atoms with E-state index in [-0.39, 0.29) is 22.3 Å². The molecule has 210 valence electrons. The second-order valence-corrected chi connectivity index (χ2v) is 12.9.